The van der Waals surface area contributed by atoms with E-state index < -0.39 is 0 Å². The van der Waals surface area contributed by atoms with Crippen molar-refractivity contribution in [2.45, 2.75) is 0 Å². The number of benzene rings is 1. The average molecular weight is 405 g/mol. The second kappa shape index (κ2) is 7.10. The number of methoxy groups -OCH3 is 2. The lowest BCUT2D eigenvalue weighted by Crippen LogP contribution is -2.12. The Kier molecular flexibility index (Phi) is 5.43. The van der Waals surface area contributed by atoms with Crippen LogP contribution in [-0.2, 0) is 16.5 Å². The van der Waals surface area contributed by atoms with Crippen molar-refractivity contribution in [3.63, 3.8) is 0 Å². The molecule has 0 N–H and O–H groups in total. The molecule has 6 nitrogen and oxygen atoms in total. The highest BCUT2D eigenvalue weighted by Crippen LogP contribution is 2.31. The molecule has 0 aliphatic carbocycles. The Labute approximate surface area is 135 Å². The van der Waals surface area contributed by atoms with Crippen LogP contribution in [0, 0.1) is 3.57 Å². The summed E-state index contributed by atoms with van der Waals surface area (Å²) in [6.45, 7) is 0.159. The predicted molar refractivity (Wildman–Crippen MR) is 86.9 cm³/mol. The van der Waals surface area contributed by atoms with Crippen LogP contribution < -0.4 is 14.9 Å². The van der Waals surface area contributed by atoms with E-state index in [1.807, 2.05) is 34.2 Å². The van der Waals surface area contributed by atoms with Gasteiger partial charge in [-0.05, 0) is 28.7 Å². The third kappa shape index (κ3) is 3.47. The van der Waals surface area contributed by atoms with Gasteiger partial charge in [-0.1, -0.05) is 0 Å². The maximum atomic E-state index is 12.3. The van der Waals surface area contributed by atoms with E-state index in [2.05, 4.69) is 0 Å². The van der Waals surface area contributed by atoms with Crippen LogP contribution >= 0.6 is 22.6 Å². The van der Waals surface area contributed by atoms with Crippen molar-refractivity contribution in [2.24, 2.45) is 7.05 Å². The van der Waals surface area contributed by atoms with Gasteiger partial charge in [0.1, 0.15) is 0 Å². The number of pyridine rings is 1. The van der Waals surface area contributed by atoms with Gasteiger partial charge in [-0.2, -0.15) is 0 Å². The summed E-state index contributed by atoms with van der Waals surface area (Å²) >= 11 is 2.02. The Bertz CT molecular complexity index is 698. The third-order valence-corrected chi connectivity index (χ3v) is 3.64. The van der Waals surface area contributed by atoms with Gasteiger partial charge < -0.3 is 23.5 Å². The van der Waals surface area contributed by atoms with Crippen molar-refractivity contribution in [1.82, 2.24) is 4.57 Å². The van der Waals surface area contributed by atoms with Crippen molar-refractivity contribution in [3.8, 4) is 11.5 Å². The largest absolute Gasteiger partial charge is 0.464 e. The molecule has 1 heterocycles. The number of hydrogen-bond acceptors (Lipinski definition) is 5. The molecule has 114 valence electrons. The molecule has 0 aliphatic heterocycles. The van der Waals surface area contributed by atoms with E-state index in [1.54, 1.807) is 18.3 Å². The number of fused-ring (bicyclic) bond motifs is 1. The molecule has 1 aromatic heterocycles. The minimum atomic E-state index is -0.0377. The van der Waals surface area contributed by atoms with Crippen molar-refractivity contribution in [3.05, 3.63) is 32.1 Å². The summed E-state index contributed by atoms with van der Waals surface area (Å²) in [5.74, 6) is 0.943. The topological polar surface area (TPSA) is 58.9 Å². The number of rotatable bonds is 6. The highest BCUT2D eigenvalue weighted by Gasteiger charge is 2.13. The SMILES string of the molecule is COCOc1cc2c(=O)c(I)cn(C)c2cc1OCOC. The second-order valence-electron chi connectivity index (χ2n) is 4.33. The maximum Gasteiger partial charge on any atom is 0.202 e. The lowest BCUT2D eigenvalue weighted by molar-refractivity contribution is 0.0324. The summed E-state index contributed by atoms with van der Waals surface area (Å²) in [7, 11) is 4.94. The predicted octanol–water partition coefficient (Wildman–Crippen LogP) is 2.11. The fourth-order valence-corrected chi connectivity index (χ4v) is 2.63. The molecule has 1 aromatic carbocycles. The third-order valence-electron chi connectivity index (χ3n) is 2.88. The van der Waals surface area contributed by atoms with Gasteiger partial charge in [0, 0.05) is 33.5 Å². The van der Waals surface area contributed by atoms with E-state index in [9.17, 15) is 4.79 Å². The summed E-state index contributed by atoms with van der Waals surface area (Å²) in [6.07, 6.45) is 1.78. The van der Waals surface area contributed by atoms with E-state index in [0.29, 0.717) is 20.5 Å². The summed E-state index contributed by atoms with van der Waals surface area (Å²) < 4.78 is 23.3. The number of hydrogen-bond donors (Lipinski definition) is 0. The lowest BCUT2D eigenvalue weighted by Gasteiger charge is -2.14. The van der Waals surface area contributed by atoms with E-state index in [0.717, 1.165) is 5.52 Å². The van der Waals surface area contributed by atoms with E-state index in [1.165, 1.54) is 14.2 Å². The van der Waals surface area contributed by atoms with Crippen LogP contribution in [0.25, 0.3) is 10.9 Å². The van der Waals surface area contributed by atoms with E-state index >= 15 is 0 Å². The van der Waals surface area contributed by atoms with Crippen LogP contribution in [0.3, 0.4) is 0 Å². The molecule has 0 spiro atoms. The maximum absolute atomic E-state index is 12.3. The first-order valence-corrected chi connectivity index (χ1v) is 7.22. The van der Waals surface area contributed by atoms with Crippen molar-refractivity contribution >= 4 is 33.5 Å². The zero-order valence-electron chi connectivity index (χ0n) is 12.0. The highest BCUT2D eigenvalue weighted by atomic mass is 127. The molecule has 0 aliphatic rings. The number of aromatic nitrogens is 1. The first-order valence-electron chi connectivity index (χ1n) is 6.14. The summed E-state index contributed by atoms with van der Waals surface area (Å²) in [5.41, 5.74) is 0.723. The molecular formula is C14H16INO5. The number of nitrogens with zero attached hydrogens (tertiary/aromatic N) is 1. The lowest BCUT2D eigenvalue weighted by atomic mass is 10.2. The molecule has 0 saturated heterocycles. The molecule has 0 fully saturated rings. The molecule has 2 rings (SSSR count). The van der Waals surface area contributed by atoms with Gasteiger partial charge >= 0.3 is 0 Å². The quantitative estimate of drug-likeness (QED) is 0.545. The molecule has 2 aromatic rings. The van der Waals surface area contributed by atoms with Crippen molar-refractivity contribution in [2.75, 3.05) is 27.8 Å². The highest BCUT2D eigenvalue weighted by molar-refractivity contribution is 14.1. The van der Waals surface area contributed by atoms with E-state index in [4.69, 9.17) is 18.9 Å². The molecule has 0 radical (unpaired) electrons. The van der Waals surface area contributed by atoms with Crippen LogP contribution in [0.4, 0.5) is 0 Å². The Morgan fingerprint density at radius 2 is 1.67 bits per heavy atom. The van der Waals surface area contributed by atoms with Gasteiger partial charge in [0.15, 0.2) is 25.1 Å². The number of ether oxygens (including phenoxy) is 4. The monoisotopic (exact) mass is 405 g/mol. The molecule has 0 atom stereocenters. The molecule has 21 heavy (non-hydrogen) atoms. The van der Waals surface area contributed by atoms with Crippen LogP contribution in [0.15, 0.2) is 23.1 Å². The smallest absolute Gasteiger partial charge is 0.202 e. The first-order chi connectivity index (χ1) is 10.1. The number of aryl methyl sites for hydroxylation is 1. The van der Waals surface area contributed by atoms with E-state index in [-0.39, 0.29) is 19.0 Å². The van der Waals surface area contributed by atoms with Crippen molar-refractivity contribution < 1.29 is 18.9 Å². The molecule has 7 heteroatoms. The van der Waals surface area contributed by atoms with Crippen LogP contribution in [-0.4, -0.2) is 32.4 Å². The molecular weight excluding hydrogens is 389 g/mol. The van der Waals surface area contributed by atoms with Gasteiger partial charge in [0.2, 0.25) is 5.43 Å². The minimum Gasteiger partial charge on any atom is -0.464 e. The second-order valence-corrected chi connectivity index (χ2v) is 5.50. The molecule has 0 amide bonds. The molecule has 0 bridgehead atoms. The van der Waals surface area contributed by atoms with Crippen LogP contribution in [0.2, 0.25) is 0 Å². The first kappa shape index (κ1) is 16.1. The molecule has 0 saturated carbocycles. The van der Waals surface area contributed by atoms with Gasteiger partial charge in [0.25, 0.3) is 0 Å². The molecule has 0 unspecified atom stereocenters. The Morgan fingerprint density at radius 3 is 2.24 bits per heavy atom. The van der Waals surface area contributed by atoms with Crippen LogP contribution in [0.1, 0.15) is 0 Å². The zero-order chi connectivity index (χ0) is 15.4. The van der Waals surface area contributed by atoms with Gasteiger partial charge in [-0.25, -0.2) is 0 Å². The van der Waals surface area contributed by atoms with Gasteiger partial charge in [0.05, 0.1) is 14.5 Å². The Balaban J connectivity index is 2.61. The Morgan fingerprint density at radius 1 is 1.10 bits per heavy atom. The fraction of sp³-hybridized carbons (Fsp3) is 0.357. The normalized spacial score (nSPS) is 10.9. The summed E-state index contributed by atoms with van der Waals surface area (Å²) in [5, 5.41) is 0.570. The fourth-order valence-electron chi connectivity index (χ4n) is 1.92. The number of halogens is 1. The van der Waals surface area contributed by atoms with Crippen LogP contribution in [0.5, 0.6) is 11.5 Å². The summed E-state index contributed by atoms with van der Waals surface area (Å²) in [4.78, 5) is 12.3. The van der Waals surface area contributed by atoms with Gasteiger partial charge in [-0.15, -0.1) is 0 Å². The minimum absolute atomic E-state index is 0.0377. The summed E-state index contributed by atoms with van der Waals surface area (Å²) in [6, 6.07) is 3.43. The zero-order valence-corrected chi connectivity index (χ0v) is 14.2. The Hall–Kier alpha value is -1.32. The average Bonchev–Trinajstić information content (AvgIpc) is 2.48. The van der Waals surface area contributed by atoms with Gasteiger partial charge in [-0.3, -0.25) is 4.79 Å². The standard InChI is InChI=1S/C14H16INO5/c1-16-6-10(15)14(17)9-4-12(20-7-18-2)13(5-11(9)16)21-8-19-3/h4-6H,7-8H2,1-3H3. The van der Waals surface area contributed by atoms with Crippen molar-refractivity contribution in [1.29, 1.82) is 0 Å².